The van der Waals surface area contributed by atoms with Crippen molar-refractivity contribution >= 4 is 34.9 Å². The number of carbonyl (C=O) groups is 1. The number of thioether (sulfide) groups is 1. The van der Waals surface area contributed by atoms with Crippen molar-refractivity contribution in [3.05, 3.63) is 52.3 Å². The van der Waals surface area contributed by atoms with Crippen molar-refractivity contribution in [1.29, 1.82) is 5.26 Å². The number of Topliss-reactive ketones (excluding diaryl/α,β-unsaturated/α-hetero) is 1. The number of halogens is 1. The lowest BCUT2D eigenvalue weighted by atomic mass is 9.82. The maximum Gasteiger partial charge on any atom is 0.253 e. The van der Waals surface area contributed by atoms with Crippen LogP contribution in [-0.2, 0) is 6.42 Å². The van der Waals surface area contributed by atoms with E-state index in [1.807, 2.05) is 24.3 Å². The predicted molar refractivity (Wildman–Crippen MR) is 94.0 cm³/mol. The minimum absolute atomic E-state index is 0.0531. The molecule has 1 aliphatic rings. The summed E-state index contributed by atoms with van der Waals surface area (Å²) in [6.45, 7) is 0. The van der Waals surface area contributed by atoms with E-state index in [2.05, 4.69) is 21.1 Å². The van der Waals surface area contributed by atoms with Crippen LogP contribution < -0.4 is 0 Å². The second-order valence-corrected chi connectivity index (χ2v) is 7.13. The Labute approximate surface area is 152 Å². The summed E-state index contributed by atoms with van der Waals surface area (Å²) in [7, 11) is 0. The van der Waals surface area contributed by atoms with Gasteiger partial charge in [0, 0.05) is 17.6 Å². The highest BCUT2D eigenvalue weighted by Gasteiger charge is 2.29. The SMILES string of the molecule is N#CCSc1nc2ncc3c(n2n1)CC(c1ccc(Cl)cc1)CC3=O. The number of carbonyl (C=O) groups excluding carboxylic acids is 1. The Kier molecular flexibility index (Phi) is 4.15. The molecule has 0 fully saturated rings. The Morgan fingerprint density at radius 2 is 2.12 bits per heavy atom. The minimum atomic E-state index is 0.0531. The molecule has 0 N–H and O–H groups in total. The summed E-state index contributed by atoms with van der Waals surface area (Å²) in [5.74, 6) is 0.842. The fraction of sp³-hybridized carbons (Fsp3) is 0.235. The maximum atomic E-state index is 12.6. The summed E-state index contributed by atoms with van der Waals surface area (Å²) < 4.78 is 1.63. The van der Waals surface area contributed by atoms with Gasteiger partial charge in [0.05, 0.1) is 23.1 Å². The molecule has 124 valence electrons. The highest BCUT2D eigenvalue weighted by molar-refractivity contribution is 7.99. The zero-order valence-electron chi connectivity index (χ0n) is 13.0. The van der Waals surface area contributed by atoms with Gasteiger partial charge in [0.1, 0.15) is 0 Å². The van der Waals surface area contributed by atoms with Crippen LogP contribution in [0.25, 0.3) is 5.78 Å². The molecule has 4 rings (SSSR count). The molecule has 6 nitrogen and oxygen atoms in total. The number of ketones is 1. The van der Waals surface area contributed by atoms with Gasteiger partial charge in [-0.25, -0.2) is 4.98 Å². The first-order chi connectivity index (χ1) is 12.2. The first-order valence-electron chi connectivity index (χ1n) is 7.69. The van der Waals surface area contributed by atoms with Crippen molar-refractivity contribution in [2.45, 2.75) is 23.9 Å². The van der Waals surface area contributed by atoms with Crippen LogP contribution in [0.5, 0.6) is 0 Å². The van der Waals surface area contributed by atoms with E-state index in [1.165, 1.54) is 11.8 Å². The number of nitriles is 1. The first-order valence-corrected chi connectivity index (χ1v) is 9.05. The van der Waals surface area contributed by atoms with Gasteiger partial charge in [-0.15, -0.1) is 5.10 Å². The molecular weight excluding hydrogens is 358 g/mol. The van der Waals surface area contributed by atoms with Crippen LogP contribution in [0.4, 0.5) is 0 Å². The van der Waals surface area contributed by atoms with Crippen LogP contribution in [0.15, 0.2) is 35.6 Å². The molecule has 2 heterocycles. The number of hydrogen-bond acceptors (Lipinski definition) is 6. The third-order valence-electron chi connectivity index (χ3n) is 4.23. The molecule has 0 saturated carbocycles. The van der Waals surface area contributed by atoms with E-state index in [0.717, 1.165) is 11.3 Å². The van der Waals surface area contributed by atoms with Crippen molar-refractivity contribution in [3.8, 4) is 6.07 Å². The summed E-state index contributed by atoms with van der Waals surface area (Å²) >= 11 is 7.21. The largest absolute Gasteiger partial charge is 0.294 e. The summed E-state index contributed by atoms with van der Waals surface area (Å²) in [5, 5.41) is 14.3. The van der Waals surface area contributed by atoms with Gasteiger partial charge in [-0.3, -0.25) is 4.79 Å². The van der Waals surface area contributed by atoms with E-state index in [0.29, 0.717) is 34.4 Å². The lowest BCUT2D eigenvalue weighted by molar-refractivity contribution is 0.0962. The van der Waals surface area contributed by atoms with Gasteiger partial charge in [0.15, 0.2) is 5.78 Å². The van der Waals surface area contributed by atoms with E-state index in [-0.39, 0.29) is 17.5 Å². The maximum absolute atomic E-state index is 12.6. The van der Waals surface area contributed by atoms with Gasteiger partial charge >= 0.3 is 0 Å². The molecule has 0 bridgehead atoms. The van der Waals surface area contributed by atoms with E-state index in [9.17, 15) is 4.79 Å². The number of fused-ring (bicyclic) bond motifs is 3. The Morgan fingerprint density at radius 1 is 1.32 bits per heavy atom. The highest BCUT2D eigenvalue weighted by Crippen LogP contribution is 2.33. The molecule has 0 aliphatic heterocycles. The molecule has 0 amide bonds. The average Bonchev–Trinajstić information content (AvgIpc) is 3.04. The summed E-state index contributed by atoms with van der Waals surface area (Å²) in [6, 6.07) is 9.64. The number of hydrogen-bond donors (Lipinski definition) is 0. The van der Waals surface area contributed by atoms with Crippen LogP contribution in [-0.4, -0.2) is 31.1 Å². The Hall–Kier alpha value is -2.43. The molecule has 1 unspecified atom stereocenters. The lowest BCUT2D eigenvalue weighted by Crippen LogP contribution is -2.22. The van der Waals surface area contributed by atoms with Crippen LogP contribution >= 0.6 is 23.4 Å². The topological polar surface area (TPSA) is 83.9 Å². The smallest absolute Gasteiger partial charge is 0.253 e. The predicted octanol–water partition coefficient (Wildman–Crippen LogP) is 3.31. The third-order valence-corrected chi connectivity index (χ3v) is 5.18. The molecule has 3 aromatic rings. The number of nitrogens with zero attached hydrogens (tertiary/aromatic N) is 5. The van der Waals surface area contributed by atoms with Gasteiger partial charge in [-0.1, -0.05) is 35.5 Å². The van der Waals surface area contributed by atoms with Crippen LogP contribution in [0.1, 0.15) is 34.0 Å². The van der Waals surface area contributed by atoms with Crippen LogP contribution in [0.2, 0.25) is 5.02 Å². The zero-order chi connectivity index (χ0) is 17.4. The summed E-state index contributed by atoms with van der Waals surface area (Å²) in [6.07, 6.45) is 2.69. The number of rotatable bonds is 3. The van der Waals surface area contributed by atoms with Crippen molar-refractivity contribution < 1.29 is 4.79 Å². The van der Waals surface area contributed by atoms with Gasteiger partial charge in [0.2, 0.25) is 5.16 Å². The number of benzene rings is 1. The molecule has 0 saturated heterocycles. The van der Waals surface area contributed by atoms with E-state index >= 15 is 0 Å². The lowest BCUT2D eigenvalue weighted by Gasteiger charge is -2.23. The van der Waals surface area contributed by atoms with Gasteiger partial charge in [-0.05, 0) is 30.0 Å². The van der Waals surface area contributed by atoms with Crippen LogP contribution in [0, 0.1) is 11.3 Å². The van der Waals surface area contributed by atoms with E-state index < -0.39 is 0 Å². The van der Waals surface area contributed by atoms with Gasteiger partial charge < -0.3 is 0 Å². The quantitative estimate of drug-likeness (QED) is 0.658. The Morgan fingerprint density at radius 3 is 2.88 bits per heavy atom. The Balaban J connectivity index is 1.75. The zero-order valence-corrected chi connectivity index (χ0v) is 14.6. The molecule has 8 heteroatoms. The second-order valence-electron chi connectivity index (χ2n) is 5.75. The normalized spacial score (nSPS) is 16.6. The van der Waals surface area contributed by atoms with Gasteiger partial charge in [-0.2, -0.15) is 14.8 Å². The van der Waals surface area contributed by atoms with Crippen molar-refractivity contribution in [3.63, 3.8) is 0 Å². The molecule has 0 radical (unpaired) electrons. The van der Waals surface area contributed by atoms with Crippen molar-refractivity contribution in [2.24, 2.45) is 0 Å². The summed E-state index contributed by atoms with van der Waals surface area (Å²) in [4.78, 5) is 21.1. The minimum Gasteiger partial charge on any atom is -0.294 e. The van der Waals surface area contributed by atoms with E-state index in [1.54, 1.807) is 10.7 Å². The molecule has 1 atom stereocenters. The summed E-state index contributed by atoms with van der Waals surface area (Å²) in [5.41, 5.74) is 2.49. The molecule has 25 heavy (non-hydrogen) atoms. The molecule has 0 spiro atoms. The van der Waals surface area contributed by atoms with Crippen molar-refractivity contribution in [2.75, 3.05) is 5.75 Å². The van der Waals surface area contributed by atoms with Gasteiger partial charge in [0.25, 0.3) is 5.78 Å². The average molecular weight is 370 g/mol. The number of aromatic nitrogens is 4. The highest BCUT2D eigenvalue weighted by atomic mass is 35.5. The van der Waals surface area contributed by atoms with Crippen molar-refractivity contribution in [1.82, 2.24) is 19.6 Å². The molecule has 1 aromatic carbocycles. The third kappa shape index (κ3) is 2.99. The first kappa shape index (κ1) is 16.1. The molecule has 1 aliphatic carbocycles. The Bertz CT molecular complexity index is 1010. The molecule has 2 aromatic heterocycles. The van der Waals surface area contributed by atoms with Crippen LogP contribution in [0.3, 0.4) is 0 Å². The molecular formula is C17H12ClN5OS. The standard InChI is InChI=1S/C17H12ClN5OS/c18-12-3-1-10(2-4-12)11-7-14-13(15(24)8-11)9-20-16-21-17(22-23(14)16)25-6-5-19/h1-4,9,11H,6-8H2. The van der Waals surface area contributed by atoms with E-state index in [4.69, 9.17) is 16.9 Å². The second kappa shape index (κ2) is 6.47. The fourth-order valence-corrected chi connectivity index (χ4v) is 3.66. The monoisotopic (exact) mass is 369 g/mol. The fourth-order valence-electron chi connectivity index (χ4n) is 3.06.